The van der Waals surface area contributed by atoms with E-state index in [9.17, 15) is 0 Å². The molecule has 1 aromatic rings. The van der Waals surface area contributed by atoms with Crippen molar-refractivity contribution in [3.05, 3.63) is 36.0 Å². The molecule has 0 N–H and O–H groups in total. The highest BCUT2D eigenvalue weighted by molar-refractivity contribution is 5.38. The van der Waals surface area contributed by atoms with Gasteiger partial charge in [-0.05, 0) is 25.5 Å². The predicted molar refractivity (Wildman–Crippen MR) is 54.0 cm³/mol. The van der Waals surface area contributed by atoms with E-state index in [-0.39, 0.29) is 0 Å². The minimum absolute atomic E-state index is 0.411. The zero-order chi connectivity index (χ0) is 10.4. The van der Waals surface area contributed by atoms with Crippen molar-refractivity contribution in [1.29, 1.82) is 5.26 Å². The fourth-order valence-corrected chi connectivity index (χ4v) is 0.967. The van der Waals surface area contributed by atoms with Gasteiger partial charge in [0.15, 0.2) is 0 Å². The molecule has 0 radical (unpaired) electrons. The van der Waals surface area contributed by atoms with Gasteiger partial charge in [0.05, 0.1) is 6.61 Å². The first-order valence-electron chi connectivity index (χ1n) is 4.39. The standard InChI is InChI=1S/C11H12N2O/c1-3-4-7-14-11-10(8-12)6-5-9(2)13-11/h3,5-6H,1,4,7H2,2H3. The third kappa shape index (κ3) is 2.60. The summed E-state index contributed by atoms with van der Waals surface area (Å²) in [7, 11) is 0. The number of pyridine rings is 1. The quantitative estimate of drug-likeness (QED) is 0.537. The van der Waals surface area contributed by atoms with Gasteiger partial charge in [0.25, 0.3) is 0 Å². The molecule has 0 spiro atoms. The molecule has 0 saturated heterocycles. The molecule has 1 heterocycles. The lowest BCUT2D eigenvalue weighted by molar-refractivity contribution is 0.311. The Hall–Kier alpha value is -1.82. The first kappa shape index (κ1) is 10.3. The van der Waals surface area contributed by atoms with E-state index in [1.807, 2.05) is 13.0 Å². The first-order chi connectivity index (χ1) is 6.77. The zero-order valence-electron chi connectivity index (χ0n) is 8.16. The highest BCUT2D eigenvalue weighted by atomic mass is 16.5. The predicted octanol–water partition coefficient (Wildman–Crippen LogP) is 2.22. The van der Waals surface area contributed by atoms with Crippen LogP contribution in [0.3, 0.4) is 0 Å². The third-order valence-corrected chi connectivity index (χ3v) is 1.68. The molecule has 3 heteroatoms. The Bertz CT molecular complexity index is 366. The van der Waals surface area contributed by atoms with Gasteiger partial charge in [0, 0.05) is 5.69 Å². The van der Waals surface area contributed by atoms with E-state index in [1.54, 1.807) is 18.2 Å². The van der Waals surface area contributed by atoms with E-state index in [4.69, 9.17) is 10.00 Å². The maximum atomic E-state index is 8.78. The maximum Gasteiger partial charge on any atom is 0.231 e. The van der Waals surface area contributed by atoms with Gasteiger partial charge >= 0.3 is 0 Å². The largest absolute Gasteiger partial charge is 0.476 e. The van der Waals surface area contributed by atoms with Crippen LogP contribution in [0.15, 0.2) is 24.8 Å². The molecule has 0 atom stereocenters. The lowest BCUT2D eigenvalue weighted by Crippen LogP contribution is -2.00. The Balaban J connectivity index is 2.78. The molecule has 0 unspecified atom stereocenters. The van der Waals surface area contributed by atoms with Crippen molar-refractivity contribution in [2.24, 2.45) is 0 Å². The second kappa shape index (κ2) is 5.03. The van der Waals surface area contributed by atoms with Gasteiger partial charge < -0.3 is 4.74 Å². The first-order valence-corrected chi connectivity index (χ1v) is 4.39. The summed E-state index contributed by atoms with van der Waals surface area (Å²) in [5.74, 6) is 0.411. The lowest BCUT2D eigenvalue weighted by atomic mass is 10.2. The van der Waals surface area contributed by atoms with Crippen LogP contribution in [0.1, 0.15) is 17.7 Å². The van der Waals surface area contributed by atoms with Crippen LogP contribution in [0.2, 0.25) is 0 Å². The molecule has 14 heavy (non-hydrogen) atoms. The van der Waals surface area contributed by atoms with Crippen LogP contribution >= 0.6 is 0 Å². The molecule has 0 fully saturated rings. The summed E-state index contributed by atoms with van der Waals surface area (Å²) in [5.41, 5.74) is 1.32. The number of aromatic nitrogens is 1. The number of rotatable bonds is 4. The summed E-state index contributed by atoms with van der Waals surface area (Å²) in [6, 6.07) is 5.54. The zero-order valence-corrected chi connectivity index (χ0v) is 8.16. The Labute approximate surface area is 83.7 Å². The van der Waals surface area contributed by atoms with Gasteiger partial charge in [-0.15, -0.1) is 6.58 Å². The van der Waals surface area contributed by atoms with Gasteiger partial charge in [-0.2, -0.15) is 5.26 Å². The highest BCUT2D eigenvalue weighted by Crippen LogP contribution is 2.14. The minimum atomic E-state index is 0.411. The van der Waals surface area contributed by atoms with E-state index >= 15 is 0 Å². The van der Waals surface area contributed by atoms with Gasteiger partial charge in [-0.3, -0.25) is 0 Å². The second-order valence-electron chi connectivity index (χ2n) is 2.84. The average molecular weight is 188 g/mol. The number of hydrogen-bond acceptors (Lipinski definition) is 3. The normalized spacial score (nSPS) is 9.14. The third-order valence-electron chi connectivity index (χ3n) is 1.68. The second-order valence-corrected chi connectivity index (χ2v) is 2.84. The van der Waals surface area contributed by atoms with E-state index in [0.29, 0.717) is 18.1 Å². The number of hydrogen-bond donors (Lipinski definition) is 0. The van der Waals surface area contributed by atoms with E-state index in [2.05, 4.69) is 11.6 Å². The maximum absolute atomic E-state index is 8.78. The van der Waals surface area contributed by atoms with Crippen molar-refractivity contribution in [3.63, 3.8) is 0 Å². The molecule has 72 valence electrons. The molecule has 0 amide bonds. The fraction of sp³-hybridized carbons (Fsp3) is 0.273. The van der Waals surface area contributed by atoms with Crippen molar-refractivity contribution >= 4 is 0 Å². The van der Waals surface area contributed by atoms with Gasteiger partial charge in [0.2, 0.25) is 5.88 Å². The summed E-state index contributed by atoms with van der Waals surface area (Å²) in [5, 5.41) is 8.78. The topological polar surface area (TPSA) is 45.9 Å². The summed E-state index contributed by atoms with van der Waals surface area (Å²) in [4.78, 5) is 4.14. The Morgan fingerprint density at radius 3 is 3.07 bits per heavy atom. The number of nitriles is 1. The SMILES string of the molecule is C=CCCOc1nc(C)ccc1C#N. The van der Waals surface area contributed by atoms with Gasteiger partial charge in [-0.25, -0.2) is 4.98 Å². The van der Waals surface area contributed by atoms with Crippen LogP contribution in [0, 0.1) is 18.3 Å². The van der Waals surface area contributed by atoms with Crippen LogP contribution in [-0.4, -0.2) is 11.6 Å². The van der Waals surface area contributed by atoms with Gasteiger partial charge in [0.1, 0.15) is 11.6 Å². The van der Waals surface area contributed by atoms with Crippen LogP contribution < -0.4 is 4.74 Å². The summed E-state index contributed by atoms with van der Waals surface area (Å²) in [6.07, 6.45) is 2.52. The van der Waals surface area contributed by atoms with Crippen molar-refractivity contribution in [3.8, 4) is 11.9 Å². The Morgan fingerprint density at radius 1 is 1.64 bits per heavy atom. The Kier molecular flexibility index (Phi) is 3.69. The van der Waals surface area contributed by atoms with Gasteiger partial charge in [-0.1, -0.05) is 6.08 Å². The average Bonchev–Trinajstić information content (AvgIpc) is 2.19. The molecule has 3 nitrogen and oxygen atoms in total. The minimum Gasteiger partial charge on any atom is -0.476 e. The molecule has 0 aliphatic rings. The monoisotopic (exact) mass is 188 g/mol. The molecule has 0 aliphatic heterocycles. The number of nitrogens with zero attached hydrogens (tertiary/aromatic N) is 2. The van der Waals surface area contributed by atoms with Crippen LogP contribution in [0.25, 0.3) is 0 Å². The van der Waals surface area contributed by atoms with E-state index in [1.165, 1.54) is 0 Å². The molecular weight excluding hydrogens is 176 g/mol. The summed E-state index contributed by atoms with van der Waals surface area (Å²) < 4.78 is 5.34. The van der Waals surface area contributed by atoms with E-state index < -0.39 is 0 Å². The molecule has 0 saturated carbocycles. The van der Waals surface area contributed by atoms with Crippen molar-refractivity contribution < 1.29 is 4.74 Å². The van der Waals surface area contributed by atoms with Crippen LogP contribution in [0.5, 0.6) is 5.88 Å². The summed E-state index contributed by atoms with van der Waals surface area (Å²) >= 11 is 0. The van der Waals surface area contributed by atoms with Crippen molar-refractivity contribution in [2.45, 2.75) is 13.3 Å². The molecule has 1 aromatic heterocycles. The molecule has 1 rings (SSSR count). The molecule has 0 bridgehead atoms. The van der Waals surface area contributed by atoms with Crippen molar-refractivity contribution in [2.75, 3.05) is 6.61 Å². The van der Waals surface area contributed by atoms with Crippen LogP contribution in [0.4, 0.5) is 0 Å². The molecule has 0 aliphatic carbocycles. The fourth-order valence-electron chi connectivity index (χ4n) is 0.967. The van der Waals surface area contributed by atoms with Crippen molar-refractivity contribution in [1.82, 2.24) is 4.98 Å². The molecule has 0 aromatic carbocycles. The number of aryl methyl sites for hydroxylation is 1. The smallest absolute Gasteiger partial charge is 0.231 e. The van der Waals surface area contributed by atoms with Crippen LogP contribution in [-0.2, 0) is 0 Å². The Morgan fingerprint density at radius 2 is 2.43 bits per heavy atom. The highest BCUT2D eigenvalue weighted by Gasteiger charge is 2.04. The van der Waals surface area contributed by atoms with E-state index in [0.717, 1.165) is 12.1 Å². The molecular formula is C11H12N2O. The lowest BCUT2D eigenvalue weighted by Gasteiger charge is -2.05. The summed E-state index contributed by atoms with van der Waals surface area (Å²) in [6.45, 7) is 5.96. The number of ether oxygens (including phenoxy) is 1.